The molecule has 112 valence electrons. The third-order valence-electron chi connectivity index (χ3n) is 3.31. The zero-order valence-corrected chi connectivity index (χ0v) is 13.1. The van der Waals surface area contributed by atoms with E-state index in [1.54, 1.807) is 0 Å². The van der Waals surface area contributed by atoms with Crippen molar-refractivity contribution in [3.63, 3.8) is 0 Å². The van der Waals surface area contributed by atoms with Gasteiger partial charge in [0.25, 0.3) is 5.91 Å². The Morgan fingerprint density at radius 1 is 1.33 bits per heavy atom. The van der Waals surface area contributed by atoms with Crippen LogP contribution < -0.4 is 10.6 Å². The number of carbonyl (C=O) groups is 1. The van der Waals surface area contributed by atoms with Gasteiger partial charge in [0.05, 0.1) is 0 Å². The maximum Gasteiger partial charge on any atom is 0.278 e. The third kappa shape index (κ3) is 2.81. The summed E-state index contributed by atoms with van der Waals surface area (Å²) < 4.78 is 0. The van der Waals surface area contributed by atoms with Crippen molar-refractivity contribution in [1.82, 2.24) is 25.7 Å². The Labute approximate surface area is 126 Å². The fraction of sp³-hybridized carbons (Fsp3) is 0.538. The van der Waals surface area contributed by atoms with Crippen molar-refractivity contribution in [2.75, 3.05) is 11.9 Å². The Hall–Kier alpha value is -1.80. The van der Waals surface area contributed by atoms with Gasteiger partial charge in [0.2, 0.25) is 5.13 Å². The molecule has 0 aliphatic carbocycles. The molecule has 3 N–H and O–H groups in total. The molecule has 0 aromatic carbocycles. The van der Waals surface area contributed by atoms with Gasteiger partial charge in [0.15, 0.2) is 5.69 Å². The highest BCUT2D eigenvalue weighted by Crippen LogP contribution is 2.28. The Balaban J connectivity index is 1.78. The Kier molecular flexibility index (Phi) is 3.50. The second-order valence-electron chi connectivity index (χ2n) is 6.07. The van der Waals surface area contributed by atoms with Gasteiger partial charge in [-0.05, 0) is 0 Å². The van der Waals surface area contributed by atoms with Gasteiger partial charge in [-0.25, -0.2) is 0 Å². The predicted molar refractivity (Wildman–Crippen MR) is 80.6 cm³/mol. The number of nitrogens with zero attached hydrogens (tertiary/aromatic N) is 3. The molecule has 1 aliphatic heterocycles. The van der Waals surface area contributed by atoms with Crippen molar-refractivity contribution in [2.24, 2.45) is 0 Å². The van der Waals surface area contributed by atoms with Gasteiger partial charge in [-0.15, -0.1) is 10.2 Å². The fourth-order valence-electron chi connectivity index (χ4n) is 2.15. The van der Waals surface area contributed by atoms with Crippen LogP contribution in [0.5, 0.6) is 0 Å². The molecule has 0 radical (unpaired) electrons. The number of anilines is 1. The van der Waals surface area contributed by atoms with E-state index in [-0.39, 0.29) is 11.3 Å². The lowest BCUT2D eigenvalue weighted by molar-refractivity contribution is 0.102. The first-order valence-corrected chi connectivity index (χ1v) is 7.69. The van der Waals surface area contributed by atoms with E-state index in [9.17, 15) is 4.79 Å². The first-order valence-electron chi connectivity index (χ1n) is 6.87. The molecule has 0 spiro atoms. The van der Waals surface area contributed by atoms with E-state index >= 15 is 0 Å². The molecule has 1 amide bonds. The largest absolute Gasteiger partial charge is 0.312 e. The summed E-state index contributed by atoms with van der Waals surface area (Å²) >= 11 is 1.40. The third-order valence-corrected chi connectivity index (χ3v) is 4.57. The summed E-state index contributed by atoms with van der Waals surface area (Å²) in [5.74, 6) is -0.243. The zero-order chi connectivity index (χ0) is 15.0. The van der Waals surface area contributed by atoms with Crippen LogP contribution in [0.15, 0.2) is 0 Å². The molecule has 3 heterocycles. The van der Waals surface area contributed by atoms with Crippen LogP contribution in [0.1, 0.15) is 47.5 Å². The maximum absolute atomic E-state index is 12.3. The highest BCUT2D eigenvalue weighted by Gasteiger charge is 2.24. The van der Waals surface area contributed by atoms with E-state index in [4.69, 9.17) is 0 Å². The minimum Gasteiger partial charge on any atom is -0.312 e. The van der Waals surface area contributed by atoms with Gasteiger partial charge in [0.1, 0.15) is 5.01 Å². The predicted octanol–water partition coefficient (Wildman–Crippen LogP) is 1.46. The molecule has 0 saturated heterocycles. The van der Waals surface area contributed by atoms with Gasteiger partial charge in [-0.3, -0.25) is 15.2 Å². The lowest BCUT2D eigenvalue weighted by Gasteiger charge is -2.12. The zero-order valence-electron chi connectivity index (χ0n) is 12.3. The SMILES string of the molecule is CC(C)(C)c1nnc(NC(=O)c2n[nH]c3c2CNCC3)s1. The van der Waals surface area contributed by atoms with E-state index in [1.807, 2.05) is 0 Å². The van der Waals surface area contributed by atoms with Crippen molar-refractivity contribution in [2.45, 2.75) is 39.2 Å². The smallest absolute Gasteiger partial charge is 0.278 e. The van der Waals surface area contributed by atoms with Crippen molar-refractivity contribution in [3.8, 4) is 0 Å². The summed E-state index contributed by atoms with van der Waals surface area (Å²) in [7, 11) is 0. The second-order valence-corrected chi connectivity index (χ2v) is 7.05. The number of amides is 1. The average molecular weight is 306 g/mol. The van der Waals surface area contributed by atoms with E-state index in [0.29, 0.717) is 17.4 Å². The summed E-state index contributed by atoms with van der Waals surface area (Å²) in [6.45, 7) is 7.76. The molecular formula is C13H18N6OS. The average Bonchev–Trinajstić information content (AvgIpc) is 3.03. The minimum atomic E-state index is -0.243. The normalized spacial score (nSPS) is 14.8. The molecule has 0 atom stereocenters. The number of nitrogens with one attached hydrogen (secondary N) is 3. The molecule has 2 aromatic rings. The number of fused-ring (bicyclic) bond motifs is 1. The highest BCUT2D eigenvalue weighted by atomic mass is 32.1. The van der Waals surface area contributed by atoms with Gasteiger partial charge >= 0.3 is 0 Å². The van der Waals surface area contributed by atoms with Crippen LogP contribution in [-0.4, -0.2) is 32.8 Å². The molecule has 0 fully saturated rings. The summed E-state index contributed by atoms with van der Waals surface area (Å²) in [4.78, 5) is 12.3. The molecule has 3 rings (SSSR count). The number of H-pyrrole nitrogens is 1. The number of aromatic amines is 1. The summed E-state index contributed by atoms with van der Waals surface area (Å²) in [6.07, 6.45) is 0.864. The Morgan fingerprint density at radius 2 is 2.14 bits per heavy atom. The van der Waals surface area contributed by atoms with Crippen LogP contribution in [0.3, 0.4) is 0 Å². The Morgan fingerprint density at radius 3 is 2.86 bits per heavy atom. The molecule has 0 unspecified atom stereocenters. The van der Waals surface area contributed by atoms with Gasteiger partial charge < -0.3 is 5.32 Å². The van der Waals surface area contributed by atoms with Crippen molar-refractivity contribution in [1.29, 1.82) is 0 Å². The van der Waals surface area contributed by atoms with Crippen LogP contribution in [-0.2, 0) is 18.4 Å². The molecular weight excluding hydrogens is 288 g/mol. The minimum absolute atomic E-state index is 0.0733. The number of hydrogen-bond acceptors (Lipinski definition) is 6. The highest BCUT2D eigenvalue weighted by molar-refractivity contribution is 7.15. The molecule has 0 bridgehead atoms. The fourth-order valence-corrected chi connectivity index (χ4v) is 2.94. The van der Waals surface area contributed by atoms with Gasteiger partial charge in [0, 0.05) is 36.2 Å². The molecule has 21 heavy (non-hydrogen) atoms. The monoisotopic (exact) mass is 306 g/mol. The molecule has 7 nitrogen and oxygen atoms in total. The quantitative estimate of drug-likeness (QED) is 0.780. The first-order chi connectivity index (χ1) is 9.95. The van der Waals surface area contributed by atoms with E-state index in [2.05, 4.69) is 51.8 Å². The number of hydrogen-bond donors (Lipinski definition) is 3. The summed E-state index contributed by atoms with van der Waals surface area (Å²) in [5, 5.41) is 22.6. The molecule has 2 aromatic heterocycles. The number of carbonyl (C=O) groups excluding carboxylic acids is 1. The first kappa shape index (κ1) is 14.2. The van der Waals surface area contributed by atoms with Crippen LogP contribution in [0.2, 0.25) is 0 Å². The number of rotatable bonds is 2. The van der Waals surface area contributed by atoms with E-state index in [0.717, 1.165) is 29.2 Å². The molecule has 0 saturated carbocycles. The lowest BCUT2D eigenvalue weighted by atomic mass is 9.98. The van der Waals surface area contributed by atoms with Crippen LogP contribution in [0.25, 0.3) is 0 Å². The van der Waals surface area contributed by atoms with Crippen LogP contribution >= 0.6 is 11.3 Å². The van der Waals surface area contributed by atoms with Gasteiger partial charge in [-0.1, -0.05) is 32.1 Å². The summed E-state index contributed by atoms with van der Waals surface area (Å²) in [6, 6.07) is 0. The molecule has 1 aliphatic rings. The maximum atomic E-state index is 12.3. The van der Waals surface area contributed by atoms with Crippen molar-refractivity contribution in [3.05, 3.63) is 22.0 Å². The van der Waals surface area contributed by atoms with Crippen molar-refractivity contribution < 1.29 is 4.79 Å². The summed E-state index contributed by atoms with van der Waals surface area (Å²) in [5.41, 5.74) is 2.34. The van der Waals surface area contributed by atoms with E-state index in [1.165, 1.54) is 11.3 Å². The molecule has 8 heteroatoms. The second kappa shape index (κ2) is 5.19. The van der Waals surface area contributed by atoms with Gasteiger partial charge in [-0.2, -0.15) is 5.10 Å². The topological polar surface area (TPSA) is 95.6 Å². The number of aromatic nitrogens is 4. The van der Waals surface area contributed by atoms with Crippen molar-refractivity contribution >= 4 is 22.4 Å². The lowest BCUT2D eigenvalue weighted by Crippen LogP contribution is -2.25. The van der Waals surface area contributed by atoms with E-state index < -0.39 is 0 Å². The van der Waals surface area contributed by atoms with Crippen LogP contribution in [0.4, 0.5) is 5.13 Å². The Bertz CT molecular complexity index is 668. The standard InChI is InChI=1S/C13H18N6OS/c1-13(2,3)11-18-19-12(21-11)15-10(20)9-7-6-14-5-4-8(7)16-17-9/h14H,4-6H2,1-3H3,(H,16,17)(H,15,19,20). The van der Waals surface area contributed by atoms with Crippen LogP contribution in [0, 0.1) is 0 Å².